The molecule has 0 aliphatic heterocycles. The molecule has 94 valence electrons. The number of aromatic nitrogens is 1. The van der Waals surface area contributed by atoms with Crippen LogP contribution in [0.2, 0.25) is 0 Å². The van der Waals surface area contributed by atoms with E-state index >= 15 is 0 Å². The molecule has 0 bridgehead atoms. The molecule has 0 atom stereocenters. The first-order valence-electron chi connectivity index (χ1n) is 5.41. The Morgan fingerprint density at radius 3 is 2.94 bits per heavy atom. The molecule has 0 spiro atoms. The van der Waals surface area contributed by atoms with Gasteiger partial charge < -0.3 is 11.1 Å². The van der Waals surface area contributed by atoms with E-state index < -0.39 is 0 Å². The van der Waals surface area contributed by atoms with Crippen LogP contribution in [-0.2, 0) is 4.79 Å². The lowest BCUT2D eigenvalue weighted by atomic mass is 10.1. The third kappa shape index (κ3) is 2.65. The van der Waals surface area contributed by atoms with Crippen molar-refractivity contribution in [1.82, 2.24) is 4.98 Å². The maximum absolute atomic E-state index is 13.7. The summed E-state index contributed by atoms with van der Waals surface area (Å²) in [6, 6.07) is 4.42. The Labute approximate surface area is 108 Å². The minimum absolute atomic E-state index is 0.114. The van der Waals surface area contributed by atoms with Gasteiger partial charge in [0.05, 0.1) is 4.88 Å². The van der Waals surface area contributed by atoms with Gasteiger partial charge in [0.25, 0.3) is 0 Å². The molecule has 4 nitrogen and oxygen atoms in total. The summed E-state index contributed by atoms with van der Waals surface area (Å²) in [7, 11) is 0. The van der Waals surface area contributed by atoms with E-state index in [0.717, 1.165) is 0 Å². The van der Waals surface area contributed by atoms with Gasteiger partial charge in [0, 0.05) is 23.9 Å². The smallest absolute Gasteiger partial charge is 0.224 e. The Morgan fingerprint density at radius 1 is 1.56 bits per heavy atom. The van der Waals surface area contributed by atoms with Crippen LogP contribution in [-0.4, -0.2) is 10.9 Å². The van der Waals surface area contributed by atoms with Crippen LogP contribution in [0.25, 0.3) is 10.4 Å². The van der Waals surface area contributed by atoms with Gasteiger partial charge in [0.15, 0.2) is 5.13 Å². The summed E-state index contributed by atoms with van der Waals surface area (Å²) < 4.78 is 13.7. The molecule has 0 saturated carbocycles. The van der Waals surface area contributed by atoms with Crippen LogP contribution in [0.5, 0.6) is 0 Å². The fourth-order valence-electron chi connectivity index (χ4n) is 1.45. The number of carbonyl (C=O) groups is 1. The van der Waals surface area contributed by atoms with Crippen molar-refractivity contribution in [2.24, 2.45) is 0 Å². The van der Waals surface area contributed by atoms with Gasteiger partial charge in [-0.1, -0.05) is 18.3 Å². The van der Waals surface area contributed by atoms with Gasteiger partial charge in [-0.15, -0.1) is 0 Å². The topological polar surface area (TPSA) is 68.0 Å². The minimum atomic E-state index is -0.367. The van der Waals surface area contributed by atoms with E-state index in [1.807, 2.05) is 0 Å². The number of nitrogens with two attached hydrogens (primary N) is 1. The number of thiazole rings is 1. The SMILES string of the molecule is CCC(=O)Nc1ccc(F)c(-c2cnc(N)s2)c1. The molecule has 0 radical (unpaired) electrons. The maximum atomic E-state index is 13.7. The second kappa shape index (κ2) is 5.14. The number of rotatable bonds is 3. The van der Waals surface area contributed by atoms with E-state index in [4.69, 9.17) is 5.73 Å². The van der Waals surface area contributed by atoms with Gasteiger partial charge in [-0.2, -0.15) is 0 Å². The Balaban J connectivity index is 2.35. The molecule has 0 saturated heterocycles. The monoisotopic (exact) mass is 265 g/mol. The van der Waals surface area contributed by atoms with Crippen molar-refractivity contribution < 1.29 is 9.18 Å². The number of carbonyl (C=O) groups excluding carboxylic acids is 1. The summed E-state index contributed by atoms with van der Waals surface area (Å²) in [6.45, 7) is 1.75. The molecule has 1 aromatic heterocycles. The lowest BCUT2D eigenvalue weighted by Gasteiger charge is -2.06. The molecule has 1 heterocycles. The van der Waals surface area contributed by atoms with Crippen LogP contribution in [0.4, 0.5) is 15.2 Å². The summed E-state index contributed by atoms with van der Waals surface area (Å²) >= 11 is 1.20. The quantitative estimate of drug-likeness (QED) is 0.896. The van der Waals surface area contributed by atoms with Crippen LogP contribution < -0.4 is 11.1 Å². The zero-order valence-corrected chi connectivity index (χ0v) is 10.6. The normalized spacial score (nSPS) is 10.3. The number of hydrogen-bond acceptors (Lipinski definition) is 4. The van der Waals surface area contributed by atoms with E-state index in [9.17, 15) is 9.18 Å². The molecular weight excluding hydrogens is 253 g/mol. The van der Waals surface area contributed by atoms with Crippen LogP contribution in [0, 0.1) is 5.82 Å². The Morgan fingerprint density at radius 2 is 2.33 bits per heavy atom. The fourth-order valence-corrected chi connectivity index (χ4v) is 2.16. The lowest BCUT2D eigenvalue weighted by molar-refractivity contribution is -0.115. The third-order valence-electron chi connectivity index (χ3n) is 2.36. The lowest BCUT2D eigenvalue weighted by Crippen LogP contribution is -2.09. The van der Waals surface area contributed by atoms with E-state index in [1.54, 1.807) is 13.0 Å². The molecule has 2 rings (SSSR count). The van der Waals surface area contributed by atoms with Gasteiger partial charge >= 0.3 is 0 Å². The minimum Gasteiger partial charge on any atom is -0.375 e. The molecule has 3 N–H and O–H groups in total. The number of hydrogen-bond donors (Lipinski definition) is 2. The summed E-state index contributed by atoms with van der Waals surface area (Å²) in [5, 5.41) is 3.06. The first kappa shape index (κ1) is 12.5. The summed E-state index contributed by atoms with van der Waals surface area (Å²) in [5.74, 6) is -0.482. The molecular formula is C12H12FN3OS. The second-order valence-corrected chi connectivity index (χ2v) is 4.72. The molecule has 0 aliphatic rings. The van der Waals surface area contributed by atoms with Crippen molar-refractivity contribution in [2.75, 3.05) is 11.1 Å². The molecule has 6 heteroatoms. The number of amides is 1. The molecule has 1 amide bonds. The predicted octanol–water partition coefficient (Wildman–Crippen LogP) is 2.88. The predicted molar refractivity (Wildman–Crippen MR) is 70.8 cm³/mol. The van der Waals surface area contributed by atoms with E-state index in [0.29, 0.717) is 27.7 Å². The number of anilines is 2. The second-order valence-electron chi connectivity index (χ2n) is 3.66. The van der Waals surface area contributed by atoms with E-state index in [-0.39, 0.29) is 11.7 Å². The van der Waals surface area contributed by atoms with Crippen LogP contribution in [0.1, 0.15) is 13.3 Å². The number of benzene rings is 1. The van der Waals surface area contributed by atoms with Crippen molar-refractivity contribution in [2.45, 2.75) is 13.3 Å². The molecule has 1 aromatic carbocycles. The van der Waals surface area contributed by atoms with E-state index in [1.165, 1.54) is 29.7 Å². The molecule has 0 fully saturated rings. The number of nitrogen functional groups attached to an aromatic ring is 1. The number of nitrogens with one attached hydrogen (secondary N) is 1. The van der Waals surface area contributed by atoms with E-state index in [2.05, 4.69) is 10.3 Å². The van der Waals surface area contributed by atoms with Crippen molar-refractivity contribution in [3.63, 3.8) is 0 Å². The molecule has 0 unspecified atom stereocenters. The highest BCUT2D eigenvalue weighted by atomic mass is 32.1. The van der Waals surface area contributed by atoms with Crippen molar-refractivity contribution in [3.8, 4) is 10.4 Å². The first-order chi connectivity index (χ1) is 8.60. The number of nitrogens with zero attached hydrogens (tertiary/aromatic N) is 1. The van der Waals surface area contributed by atoms with Crippen molar-refractivity contribution in [1.29, 1.82) is 0 Å². The van der Waals surface area contributed by atoms with Crippen LogP contribution in [0.15, 0.2) is 24.4 Å². The van der Waals surface area contributed by atoms with Crippen LogP contribution >= 0.6 is 11.3 Å². The largest absolute Gasteiger partial charge is 0.375 e. The summed E-state index contributed by atoms with van der Waals surface area (Å²) in [5.41, 5.74) is 6.47. The number of halogens is 1. The van der Waals surface area contributed by atoms with Gasteiger partial charge in [0.2, 0.25) is 5.91 Å². The van der Waals surface area contributed by atoms with Crippen LogP contribution in [0.3, 0.4) is 0 Å². The average Bonchev–Trinajstić information content (AvgIpc) is 2.78. The van der Waals surface area contributed by atoms with Gasteiger partial charge in [-0.05, 0) is 18.2 Å². The highest BCUT2D eigenvalue weighted by Crippen LogP contribution is 2.31. The highest BCUT2D eigenvalue weighted by molar-refractivity contribution is 7.18. The van der Waals surface area contributed by atoms with Crippen molar-refractivity contribution in [3.05, 3.63) is 30.2 Å². The Hall–Kier alpha value is -1.95. The summed E-state index contributed by atoms with van der Waals surface area (Å²) in [4.78, 5) is 15.8. The highest BCUT2D eigenvalue weighted by Gasteiger charge is 2.10. The molecule has 2 aromatic rings. The average molecular weight is 265 g/mol. The van der Waals surface area contributed by atoms with Gasteiger partial charge in [-0.3, -0.25) is 4.79 Å². The van der Waals surface area contributed by atoms with Crippen molar-refractivity contribution >= 4 is 28.1 Å². The third-order valence-corrected chi connectivity index (χ3v) is 3.22. The van der Waals surface area contributed by atoms with Gasteiger partial charge in [0.1, 0.15) is 5.82 Å². The Kier molecular flexibility index (Phi) is 3.57. The maximum Gasteiger partial charge on any atom is 0.224 e. The zero-order valence-electron chi connectivity index (χ0n) is 9.74. The Bertz CT molecular complexity index is 582. The zero-order chi connectivity index (χ0) is 13.1. The molecule has 18 heavy (non-hydrogen) atoms. The summed E-state index contributed by atoms with van der Waals surface area (Å²) in [6.07, 6.45) is 1.89. The fraction of sp³-hybridized carbons (Fsp3) is 0.167. The standard InChI is InChI=1S/C12H12FN3OS/c1-2-11(17)16-7-3-4-9(13)8(5-7)10-6-15-12(14)18-10/h3-6H,2H2,1H3,(H2,14,15)(H,16,17). The first-order valence-corrected chi connectivity index (χ1v) is 6.23. The van der Waals surface area contributed by atoms with Gasteiger partial charge in [-0.25, -0.2) is 9.37 Å². The molecule has 0 aliphatic carbocycles.